The van der Waals surface area contributed by atoms with E-state index in [0.29, 0.717) is 0 Å². The minimum atomic E-state index is 0.858. The van der Waals surface area contributed by atoms with Crippen molar-refractivity contribution in [2.45, 2.75) is 6.92 Å². The van der Waals surface area contributed by atoms with Crippen LogP contribution in [0.25, 0.3) is 39.1 Å². The Morgan fingerprint density at radius 2 is 1.31 bits per heavy atom. The first kappa shape index (κ1) is 21.9. The van der Waals surface area contributed by atoms with Crippen LogP contribution in [0.2, 0.25) is 0 Å². The van der Waals surface area contributed by atoms with Crippen LogP contribution in [-0.2, 0) is 0 Å². The van der Waals surface area contributed by atoms with E-state index in [4.69, 9.17) is 4.74 Å². The Balaban J connectivity index is 1.55. The molecule has 36 heavy (non-hydrogen) atoms. The minimum absolute atomic E-state index is 0.858. The van der Waals surface area contributed by atoms with Crippen LogP contribution in [0.15, 0.2) is 121 Å². The average Bonchev–Trinajstić information content (AvgIpc) is 3.26. The van der Waals surface area contributed by atoms with Crippen molar-refractivity contribution in [3.8, 4) is 11.4 Å². The molecule has 0 N–H and O–H groups in total. The molecule has 6 rings (SSSR count). The predicted octanol–water partition coefficient (Wildman–Crippen LogP) is 8.69. The fraction of sp³-hybridized carbons (Fsp3) is 0.0588. The normalized spacial score (nSPS) is 11.8. The second-order valence-corrected chi connectivity index (χ2v) is 9.12. The van der Waals surface area contributed by atoms with Crippen LogP contribution in [0.1, 0.15) is 22.3 Å². The number of hydrogen-bond donors (Lipinski definition) is 0. The van der Waals surface area contributed by atoms with E-state index >= 15 is 0 Å². The summed E-state index contributed by atoms with van der Waals surface area (Å²) in [5.74, 6) is 0.858. The van der Waals surface area contributed by atoms with Crippen LogP contribution < -0.4 is 4.74 Å². The van der Waals surface area contributed by atoms with Crippen LogP contribution in [0.5, 0.6) is 5.75 Å². The summed E-state index contributed by atoms with van der Waals surface area (Å²) < 4.78 is 7.71. The molecule has 0 saturated heterocycles. The van der Waals surface area contributed by atoms with Crippen LogP contribution in [0.3, 0.4) is 0 Å². The van der Waals surface area contributed by atoms with Gasteiger partial charge in [-0.2, -0.15) is 0 Å². The number of rotatable bonds is 5. The van der Waals surface area contributed by atoms with Crippen molar-refractivity contribution in [1.82, 2.24) is 4.57 Å². The molecule has 0 unspecified atom stereocenters. The number of benzene rings is 5. The highest BCUT2D eigenvalue weighted by Gasteiger charge is 2.13. The molecule has 0 amide bonds. The smallest absolute Gasteiger partial charge is 0.119 e. The second-order valence-electron chi connectivity index (χ2n) is 9.12. The molecular weight excluding hydrogens is 438 g/mol. The maximum absolute atomic E-state index is 5.38. The molecule has 5 aromatic carbocycles. The van der Waals surface area contributed by atoms with Gasteiger partial charge < -0.3 is 9.30 Å². The molecule has 0 fully saturated rings. The quantitative estimate of drug-likeness (QED) is 0.232. The van der Waals surface area contributed by atoms with Crippen molar-refractivity contribution >= 4 is 33.5 Å². The predicted molar refractivity (Wildman–Crippen MR) is 152 cm³/mol. The number of nitrogens with zero attached hydrogens (tertiary/aromatic N) is 1. The van der Waals surface area contributed by atoms with Crippen LogP contribution >= 0.6 is 0 Å². The van der Waals surface area contributed by atoms with Crippen molar-refractivity contribution in [3.63, 3.8) is 0 Å². The average molecular weight is 466 g/mol. The Labute approximate surface area is 211 Å². The lowest BCUT2D eigenvalue weighted by molar-refractivity contribution is 0.415. The SMILES string of the molecule is COc1ccc(-n2c3ccccc3c3cc(C=C(c4ccccc4)c4ccc(C)cc4)ccc32)cc1. The van der Waals surface area contributed by atoms with Crippen LogP contribution in [0, 0.1) is 6.92 Å². The molecule has 0 aliphatic carbocycles. The Kier molecular flexibility index (Phi) is 5.63. The molecule has 0 bridgehead atoms. The Hall–Kier alpha value is -4.56. The molecule has 0 aliphatic rings. The molecule has 6 aromatic rings. The summed E-state index contributed by atoms with van der Waals surface area (Å²) in [6, 6.07) is 43.1. The third-order valence-electron chi connectivity index (χ3n) is 6.79. The molecule has 0 saturated carbocycles. The van der Waals surface area contributed by atoms with Gasteiger partial charge in [-0.1, -0.05) is 84.4 Å². The molecule has 2 heteroatoms. The van der Waals surface area contributed by atoms with Gasteiger partial charge >= 0.3 is 0 Å². The summed E-state index contributed by atoms with van der Waals surface area (Å²) in [6.07, 6.45) is 2.30. The van der Waals surface area contributed by atoms with E-state index < -0.39 is 0 Å². The van der Waals surface area contributed by atoms with E-state index in [2.05, 4.69) is 127 Å². The molecule has 1 aromatic heterocycles. The summed E-state index contributed by atoms with van der Waals surface area (Å²) in [5, 5.41) is 2.49. The second kappa shape index (κ2) is 9.24. The lowest BCUT2D eigenvalue weighted by Crippen LogP contribution is -1.94. The fourth-order valence-electron chi connectivity index (χ4n) is 4.94. The summed E-state index contributed by atoms with van der Waals surface area (Å²) in [4.78, 5) is 0. The minimum Gasteiger partial charge on any atom is -0.497 e. The monoisotopic (exact) mass is 465 g/mol. The molecule has 0 radical (unpaired) electrons. The van der Waals surface area contributed by atoms with Gasteiger partial charge in [0.15, 0.2) is 0 Å². The number of ether oxygens (including phenoxy) is 1. The van der Waals surface area contributed by atoms with Crippen molar-refractivity contribution < 1.29 is 4.74 Å². The zero-order valence-electron chi connectivity index (χ0n) is 20.5. The molecule has 0 aliphatic heterocycles. The van der Waals surface area contributed by atoms with Gasteiger partial charge in [0.1, 0.15) is 5.75 Å². The summed E-state index contributed by atoms with van der Waals surface area (Å²) >= 11 is 0. The third kappa shape index (κ3) is 3.97. The fourth-order valence-corrected chi connectivity index (χ4v) is 4.94. The van der Waals surface area contributed by atoms with Crippen molar-refractivity contribution in [1.29, 1.82) is 0 Å². The molecule has 2 nitrogen and oxygen atoms in total. The van der Waals surface area contributed by atoms with E-state index in [1.165, 1.54) is 49.6 Å². The summed E-state index contributed by atoms with van der Waals surface area (Å²) in [6.45, 7) is 2.13. The summed E-state index contributed by atoms with van der Waals surface area (Å²) in [7, 11) is 1.70. The maximum atomic E-state index is 5.38. The Morgan fingerprint density at radius 1 is 0.639 bits per heavy atom. The highest BCUT2D eigenvalue weighted by atomic mass is 16.5. The molecule has 0 spiro atoms. The zero-order valence-corrected chi connectivity index (χ0v) is 20.5. The zero-order chi connectivity index (χ0) is 24.5. The van der Waals surface area contributed by atoms with E-state index in [9.17, 15) is 0 Å². The highest BCUT2D eigenvalue weighted by molar-refractivity contribution is 6.10. The number of methoxy groups -OCH3 is 1. The van der Waals surface area contributed by atoms with E-state index in [1.54, 1.807) is 7.11 Å². The van der Waals surface area contributed by atoms with Gasteiger partial charge in [-0.05, 0) is 77.7 Å². The van der Waals surface area contributed by atoms with Crippen molar-refractivity contribution in [2.24, 2.45) is 0 Å². The molecular formula is C34H27NO. The van der Waals surface area contributed by atoms with Crippen LogP contribution in [0.4, 0.5) is 0 Å². The lowest BCUT2D eigenvalue weighted by atomic mass is 9.94. The van der Waals surface area contributed by atoms with Crippen molar-refractivity contribution in [3.05, 3.63) is 144 Å². The molecule has 1 heterocycles. The van der Waals surface area contributed by atoms with E-state index in [-0.39, 0.29) is 0 Å². The first-order chi connectivity index (χ1) is 17.7. The molecule has 174 valence electrons. The van der Waals surface area contributed by atoms with Crippen molar-refractivity contribution in [2.75, 3.05) is 7.11 Å². The number of hydrogen-bond acceptors (Lipinski definition) is 1. The standard InChI is InChI=1S/C34H27NO/c1-24-12-15-27(16-13-24)31(26-8-4-3-5-9-26)22-25-14-21-34-32(23-25)30-10-6-7-11-33(30)35(34)28-17-19-29(36-2)20-18-28/h3-23H,1-2H3. The highest BCUT2D eigenvalue weighted by Crippen LogP contribution is 2.34. The summed E-state index contributed by atoms with van der Waals surface area (Å²) in [5.41, 5.74) is 9.59. The third-order valence-corrected chi connectivity index (χ3v) is 6.79. The number of aryl methyl sites for hydroxylation is 1. The van der Waals surface area contributed by atoms with Crippen LogP contribution in [-0.4, -0.2) is 11.7 Å². The van der Waals surface area contributed by atoms with E-state index in [0.717, 1.165) is 11.4 Å². The Bertz CT molecular complexity index is 1690. The number of fused-ring (bicyclic) bond motifs is 3. The van der Waals surface area contributed by atoms with Gasteiger partial charge in [0, 0.05) is 16.5 Å². The molecule has 0 atom stereocenters. The first-order valence-electron chi connectivity index (χ1n) is 12.2. The van der Waals surface area contributed by atoms with E-state index in [1.807, 2.05) is 12.1 Å². The van der Waals surface area contributed by atoms with Gasteiger partial charge in [0.05, 0.1) is 18.1 Å². The van der Waals surface area contributed by atoms with Gasteiger partial charge in [0.2, 0.25) is 0 Å². The number of para-hydroxylation sites is 1. The lowest BCUT2D eigenvalue weighted by Gasteiger charge is -2.11. The maximum Gasteiger partial charge on any atom is 0.119 e. The topological polar surface area (TPSA) is 14.2 Å². The number of aromatic nitrogens is 1. The Morgan fingerprint density at radius 3 is 2.06 bits per heavy atom. The van der Waals surface area contributed by atoms with Gasteiger partial charge in [-0.3, -0.25) is 0 Å². The largest absolute Gasteiger partial charge is 0.497 e. The van der Waals surface area contributed by atoms with Gasteiger partial charge in [-0.15, -0.1) is 0 Å². The first-order valence-corrected chi connectivity index (χ1v) is 12.2. The van der Waals surface area contributed by atoms with Gasteiger partial charge in [-0.25, -0.2) is 0 Å². The van der Waals surface area contributed by atoms with Gasteiger partial charge in [0.25, 0.3) is 0 Å².